The molecule has 8 heteroatoms. The van der Waals surface area contributed by atoms with Gasteiger partial charge in [-0.3, -0.25) is 0 Å². The first-order valence-corrected chi connectivity index (χ1v) is 6.84. The van der Waals surface area contributed by atoms with Crippen molar-refractivity contribution >= 4 is 16.0 Å². The van der Waals surface area contributed by atoms with Gasteiger partial charge in [0, 0.05) is 6.04 Å². The fourth-order valence-electron chi connectivity index (χ4n) is 1.42. The number of carboxylic acids is 1. The number of benzene rings is 1. The lowest BCUT2D eigenvalue weighted by Gasteiger charge is -2.13. The molecule has 1 rings (SSSR count). The third-order valence-electron chi connectivity index (χ3n) is 2.40. The highest BCUT2D eigenvalue weighted by Crippen LogP contribution is 2.19. The van der Waals surface area contributed by atoms with Gasteiger partial charge in [0.05, 0.1) is 17.1 Å². The van der Waals surface area contributed by atoms with Crippen LogP contribution in [0.2, 0.25) is 0 Å². The average molecular weight is 291 g/mol. The lowest BCUT2D eigenvalue weighted by molar-refractivity contribution is 0.0691. The monoisotopic (exact) mass is 291 g/mol. The van der Waals surface area contributed by atoms with E-state index in [0.29, 0.717) is 0 Å². The number of aromatic carboxylic acids is 1. The Morgan fingerprint density at radius 1 is 1.47 bits per heavy atom. The first kappa shape index (κ1) is 15.5. The molecule has 0 aliphatic heterocycles. The van der Waals surface area contributed by atoms with Crippen LogP contribution in [0.1, 0.15) is 22.8 Å². The summed E-state index contributed by atoms with van der Waals surface area (Å²) in [6, 6.07) is 1.05. The summed E-state index contributed by atoms with van der Waals surface area (Å²) in [5.74, 6) is -2.52. The van der Waals surface area contributed by atoms with E-state index < -0.39 is 40.0 Å². The summed E-state index contributed by atoms with van der Waals surface area (Å²) in [6.07, 6.45) is 0. The van der Waals surface area contributed by atoms with E-state index in [0.717, 1.165) is 12.1 Å². The Balaban J connectivity index is 3.32. The maximum Gasteiger partial charge on any atom is 0.338 e. The molecule has 0 unspecified atom stereocenters. The summed E-state index contributed by atoms with van der Waals surface area (Å²) in [7, 11) is -4.01. The largest absolute Gasteiger partial charge is 0.478 e. The van der Waals surface area contributed by atoms with Gasteiger partial charge in [-0.2, -0.15) is 0 Å². The molecule has 0 aromatic heterocycles. The fraction of sp³-hybridized carbons (Fsp3) is 0.364. The first-order chi connectivity index (χ1) is 8.69. The van der Waals surface area contributed by atoms with E-state index in [1.54, 1.807) is 0 Å². The van der Waals surface area contributed by atoms with Gasteiger partial charge in [0.15, 0.2) is 0 Å². The topological polar surface area (TPSA) is 104 Å². The molecule has 0 heterocycles. The highest BCUT2D eigenvalue weighted by Gasteiger charge is 2.22. The van der Waals surface area contributed by atoms with Crippen molar-refractivity contribution in [3.8, 4) is 0 Å². The van der Waals surface area contributed by atoms with Gasteiger partial charge in [0.2, 0.25) is 10.0 Å². The molecule has 0 aliphatic carbocycles. The highest BCUT2D eigenvalue weighted by atomic mass is 32.2. The van der Waals surface area contributed by atoms with Crippen molar-refractivity contribution in [2.75, 3.05) is 6.61 Å². The van der Waals surface area contributed by atoms with Crippen molar-refractivity contribution in [3.63, 3.8) is 0 Å². The van der Waals surface area contributed by atoms with Crippen LogP contribution in [0.4, 0.5) is 4.39 Å². The van der Waals surface area contributed by atoms with Gasteiger partial charge in [0.1, 0.15) is 5.82 Å². The van der Waals surface area contributed by atoms with Crippen LogP contribution in [0, 0.1) is 12.7 Å². The minimum Gasteiger partial charge on any atom is -0.478 e. The van der Waals surface area contributed by atoms with Crippen LogP contribution in [-0.4, -0.2) is 37.2 Å². The number of carboxylic acid groups (broad SMARTS) is 1. The van der Waals surface area contributed by atoms with Crippen LogP contribution in [-0.2, 0) is 10.0 Å². The molecular weight excluding hydrogens is 277 g/mol. The summed E-state index contributed by atoms with van der Waals surface area (Å²) in [5, 5.41) is 17.6. The van der Waals surface area contributed by atoms with E-state index in [2.05, 4.69) is 4.72 Å². The molecule has 1 aromatic rings. The van der Waals surface area contributed by atoms with E-state index in [-0.39, 0.29) is 10.5 Å². The minimum atomic E-state index is -4.01. The quantitative estimate of drug-likeness (QED) is 0.732. The Kier molecular flexibility index (Phi) is 4.61. The number of aryl methyl sites for hydroxylation is 1. The van der Waals surface area contributed by atoms with Crippen molar-refractivity contribution in [1.29, 1.82) is 0 Å². The van der Waals surface area contributed by atoms with E-state index in [9.17, 15) is 17.6 Å². The molecule has 106 valence electrons. The SMILES string of the molecule is Cc1cc(S(=O)(=O)N[C@@H](C)CO)cc(C(=O)O)c1F. The Bertz CT molecular complexity index is 599. The minimum absolute atomic E-state index is 0.0862. The molecule has 0 saturated heterocycles. The first-order valence-electron chi connectivity index (χ1n) is 5.35. The predicted molar refractivity (Wildman–Crippen MR) is 65.0 cm³/mol. The van der Waals surface area contributed by atoms with Gasteiger partial charge in [0.25, 0.3) is 0 Å². The van der Waals surface area contributed by atoms with E-state index in [1.807, 2.05) is 0 Å². The molecule has 0 saturated carbocycles. The number of aliphatic hydroxyl groups excluding tert-OH is 1. The van der Waals surface area contributed by atoms with Crippen LogP contribution in [0.25, 0.3) is 0 Å². The Labute approximate surface area is 109 Å². The maximum atomic E-state index is 13.5. The van der Waals surface area contributed by atoms with Crippen LogP contribution in [0.3, 0.4) is 0 Å². The second-order valence-electron chi connectivity index (χ2n) is 4.11. The fourth-order valence-corrected chi connectivity index (χ4v) is 2.76. The molecule has 1 aromatic carbocycles. The van der Waals surface area contributed by atoms with Crippen molar-refractivity contribution < 1.29 is 27.8 Å². The summed E-state index contributed by atoms with van der Waals surface area (Å²) >= 11 is 0. The average Bonchev–Trinajstić information content (AvgIpc) is 2.31. The normalized spacial score (nSPS) is 13.3. The molecule has 3 N–H and O–H groups in total. The molecule has 0 aliphatic rings. The van der Waals surface area contributed by atoms with Crippen molar-refractivity contribution in [1.82, 2.24) is 4.72 Å². The predicted octanol–water partition coefficient (Wildman–Crippen LogP) is 0.491. The molecule has 0 spiro atoms. The number of nitrogens with one attached hydrogen (secondary N) is 1. The number of halogens is 1. The van der Waals surface area contributed by atoms with Crippen LogP contribution >= 0.6 is 0 Å². The number of sulfonamides is 1. The Morgan fingerprint density at radius 3 is 2.53 bits per heavy atom. The number of rotatable bonds is 5. The van der Waals surface area contributed by atoms with Crippen molar-refractivity contribution in [2.24, 2.45) is 0 Å². The zero-order valence-corrected chi connectivity index (χ0v) is 11.2. The van der Waals surface area contributed by atoms with Crippen molar-refractivity contribution in [3.05, 3.63) is 29.1 Å². The van der Waals surface area contributed by atoms with Crippen LogP contribution in [0.5, 0.6) is 0 Å². The molecular formula is C11H14FNO5S. The smallest absolute Gasteiger partial charge is 0.338 e. The summed E-state index contributed by atoms with van der Waals surface area (Å²) < 4.78 is 39.5. The standard InChI is InChI=1S/C11H14FNO5S/c1-6-3-8(4-9(10(6)12)11(15)16)19(17,18)13-7(2)5-14/h3-4,7,13-14H,5H2,1-2H3,(H,15,16)/t7-/m0/s1. The lowest BCUT2D eigenvalue weighted by Crippen LogP contribution is -2.35. The van der Waals surface area contributed by atoms with Crippen molar-refractivity contribution in [2.45, 2.75) is 24.8 Å². The molecule has 0 amide bonds. The maximum absolute atomic E-state index is 13.5. The zero-order chi connectivity index (χ0) is 14.8. The van der Waals surface area contributed by atoms with Gasteiger partial charge in [-0.1, -0.05) is 0 Å². The van der Waals surface area contributed by atoms with E-state index in [1.165, 1.54) is 13.8 Å². The molecule has 0 radical (unpaired) electrons. The molecule has 0 fully saturated rings. The van der Waals surface area contributed by atoms with Gasteiger partial charge in [-0.05, 0) is 31.5 Å². The molecule has 19 heavy (non-hydrogen) atoms. The number of hydrogen-bond donors (Lipinski definition) is 3. The van der Waals surface area contributed by atoms with E-state index in [4.69, 9.17) is 10.2 Å². The third-order valence-corrected chi connectivity index (χ3v) is 3.97. The Hall–Kier alpha value is -1.51. The highest BCUT2D eigenvalue weighted by molar-refractivity contribution is 7.89. The number of carbonyl (C=O) groups is 1. The molecule has 6 nitrogen and oxygen atoms in total. The van der Waals surface area contributed by atoms with Crippen LogP contribution in [0.15, 0.2) is 17.0 Å². The second-order valence-corrected chi connectivity index (χ2v) is 5.83. The molecule has 0 bridgehead atoms. The number of aliphatic hydroxyl groups is 1. The third kappa shape index (κ3) is 3.49. The second kappa shape index (κ2) is 5.64. The van der Waals surface area contributed by atoms with Crippen LogP contribution < -0.4 is 4.72 Å². The van der Waals surface area contributed by atoms with E-state index >= 15 is 0 Å². The van der Waals surface area contributed by atoms with Gasteiger partial charge < -0.3 is 10.2 Å². The zero-order valence-electron chi connectivity index (χ0n) is 10.3. The summed E-state index contributed by atoms with van der Waals surface area (Å²) in [5.41, 5.74) is -0.797. The molecule has 1 atom stereocenters. The Morgan fingerprint density at radius 2 is 2.05 bits per heavy atom. The summed E-state index contributed by atoms with van der Waals surface area (Å²) in [6.45, 7) is 2.30. The summed E-state index contributed by atoms with van der Waals surface area (Å²) in [4.78, 5) is 10.5. The number of hydrogen-bond acceptors (Lipinski definition) is 4. The lowest BCUT2D eigenvalue weighted by atomic mass is 10.1. The van der Waals surface area contributed by atoms with Gasteiger partial charge >= 0.3 is 5.97 Å². The van der Waals surface area contributed by atoms with Gasteiger partial charge in [-0.15, -0.1) is 0 Å². The van der Waals surface area contributed by atoms with Gasteiger partial charge in [-0.25, -0.2) is 22.3 Å².